The Labute approximate surface area is 211 Å². The van der Waals surface area contributed by atoms with Crippen molar-refractivity contribution < 1.29 is 19.5 Å². The topological polar surface area (TPSA) is 98.7 Å². The maximum atomic E-state index is 13.9. The Morgan fingerprint density at radius 2 is 1.80 bits per heavy atom. The van der Waals surface area contributed by atoms with Crippen LogP contribution in [0.15, 0.2) is 30.3 Å². The minimum absolute atomic E-state index is 0.0350. The predicted octanol–water partition coefficient (Wildman–Crippen LogP) is 3.33. The van der Waals surface area contributed by atoms with Crippen LogP contribution >= 0.6 is 11.8 Å². The second-order valence-electron chi connectivity index (χ2n) is 10.6. The number of fused-ring (bicyclic) bond motifs is 1. The lowest BCUT2D eigenvalue weighted by Gasteiger charge is -2.35. The average molecular weight is 500 g/mol. The molecule has 1 spiro atoms. The van der Waals surface area contributed by atoms with Crippen molar-refractivity contribution in [2.45, 2.75) is 86.3 Å². The van der Waals surface area contributed by atoms with E-state index in [4.69, 9.17) is 0 Å². The summed E-state index contributed by atoms with van der Waals surface area (Å²) in [6, 6.07) is 9.04. The highest BCUT2D eigenvalue weighted by Crippen LogP contribution is 2.66. The van der Waals surface area contributed by atoms with Crippen LogP contribution in [-0.2, 0) is 14.4 Å². The molecule has 1 aliphatic carbocycles. The molecule has 8 heteroatoms. The van der Waals surface area contributed by atoms with Gasteiger partial charge < -0.3 is 20.6 Å². The first-order valence-corrected chi connectivity index (χ1v) is 14.2. The zero-order chi connectivity index (χ0) is 24.4. The number of benzene rings is 1. The van der Waals surface area contributed by atoms with Crippen LogP contribution in [0.1, 0.15) is 64.2 Å². The van der Waals surface area contributed by atoms with Gasteiger partial charge in [0.15, 0.2) is 0 Å². The van der Waals surface area contributed by atoms with Crippen LogP contribution in [0.3, 0.4) is 0 Å². The van der Waals surface area contributed by atoms with Gasteiger partial charge in [-0.2, -0.15) is 0 Å². The number of aliphatic hydroxyl groups is 1. The number of hydrogen-bond acceptors (Lipinski definition) is 5. The molecule has 3 saturated heterocycles. The summed E-state index contributed by atoms with van der Waals surface area (Å²) in [5, 5.41) is 15.6. The van der Waals surface area contributed by atoms with Gasteiger partial charge >= 0.3 is 0 Å². The molecule has 2 bridgehead atoms. The van der Waals surface area contributed by atoms with Crippen LogP contribution < -0.4 is 10.6 Å². The Bertz CT molecular complexity index is 938. The van der Waals surface area contributed by atoms with Gasteiger partial charge in [-0.15, -0.1) is 11.8 Å². The van der Waals surface area contributed by atoms with E-state index in [1.165, 1.54) is 6.42 Å². The fraction of sp³-hybridized carbons (Fsp3) is 0.667. The summed E-state index contributed by atoms with van der Waals surface area (Å²) in [4.78, 5) is 43.0. The Morgan fingerprint density at radius 3 is 2.54 bits per heavy atom. The number of carbonyl (C=O) groups is 3. The number of nitrogens with zero attached hydrogens (tertiary/aromatic N) is 1. The maximum Gasteiger partial charge on any atom is 0.244 e. The van der Waals surface area contributed by atoms with Gasteiger partial charge in [-0.25, -0.2) is 0 Å². The Hall–Kier alpha value is -2.06. The number of aliphatic hydroxyl groups excluding tert-OH is 1. The Balaban J connectivity index is 1.40. The summed E-state index contributed by atoms with van der Waals surface area (Å²) in [6.07, 6.45) is 9.36. The molecule has 1 aromatic carbocycles. The van der Waals surface area contributed by atoms with Gasteiger partial charge in [-0.3, -0.25) is 14.4 Å². The van der Waals surface area contributed by atoms with Gasteiger partial charge in [0.05, 0.1) is 16.6 Å². The molecule has 0 radical (unpaired) electrons. The Morgan fingerprint density at radius 1 is 1.03 bits per heavy atom. The van der Waals surface area contributed by atoms with Gasteiger partial charge in [0.2, 0.25) is 17.7 Å². The fourth-order valence-electron chi connectivity index (χ4n) is 6.84. The number of carbonyl (C=O) groups excluding carboxylic acids is 3. The Kier molecular flexibility index (Phi) is 7.39. The van der Waals surface area contributed by atoms with Gasteiger partial charge in [0.1, 0.15) is 6.04 Å². The van der Waals surface area contributed by atoms with Crippen LogP contribution in [0, 0.1) is 11.8 Å². The molecule has 5 rings (SSSR count). The highest BCUT2D eigenvalue weighted by molar-refractivity contribution is 8.02. The molecule has 4 aliphatic rings. The third-order valence-electron chi connectivity index (χ3n) is 8.40. The van der Waals surface area contributed by atoms with E-state index < -0.39 is 22.6 Å². The van der Waals surface area contributed by atoms with Gasteiger partial charge in [0.25, 0.3) is 0 Å². The summed E-state index contributed by atoms with van der Waals surface area (Å²) < 4.78 is -0.532. The largest absolute Gasteiger partial charge is 0.396 e. The molecule has 2 unspecified atom stereocenters. The van der Waals surface area contributed by atoms with Crippen LogP contribution in [0.25, 0.3) is 0 Å². The standard InChI is InChI=1S/C27H37N3O4S/c31-17-9-3-8-16-30-23(25(33)29-19-12-6-2-7-13-19)27-15-14-20(35-27)21(22(27)26(30)34)24(32)28-18-10-4-1-5-11-18/h1,4-5,10-11,19-23,31H,2-3,6-9,12-17H2,(H,28,32)(H,29,33)/t20-,21+,22-,23?,27?/m0/s1. The van der Waals surface area contributed by atoms with Crippen molar-refractivity contribution in [2.75, 3.05) is 18.5 Å². The summed E-state index contributed by atoms with van der Waals surface area (Å²) in [5.74, 6) is -1.07. The molecular weight excluding hydrogens is 462 g/mol. The zero-order valence-electron chi connectivity index (χ0n) is 20.3. The smallest absolute Gasteiger partial charge is 0.244 e. The number of rotatable bonds is 9. The van der Waals surface area contributed by atoms with E-state index in [-0.39, 0.29) is 35.6 Å². The van der Waals surface area contributed by atoms with E-state index in [1.54, 1.807) is 16.7 Å². The van der Waals surface area contributed by atoms with Crippen molar-refractivity contribution in [3.63, 3.8) is 0 Å². The molecule has 5 atom stereocenters. The number of thioether (sulfide) groups is 1. The molecule has 3 heterocycles. The monoisotopic (exact) mass is 499 g/mol. The summed E-state index contributed by atoms with van der Waals surface area (Å²) in [7, 11) is 0. The molecule has 1 saturated carbocycles. The van der Waals surface area contributed by atoms with E-state index in [0.29, 0.717) is 13.0 Å². The SMILES string of the molecule is O=C(NC1CCCCC1)C1N(CCCCCO)C(=O)[C@@H]2[C@H](C(=O)Nc3ccccc3)[C@@H]3CCC12S3. The molecule has 35 heavy (non-hydrogen) atoms. The van der Waals surface area contributed by atoms with E-state index in [2.05, 4.69) is 10.6 Å². The number of amides is 3. The molecule has 7 nitrogen and oxygen atoms in total. The minimum Gasteiger partial charge on any atom is -0.396 e. The second-order valence-corrected chi connectivity index (χ2v) is 12.2. The van der Waals surface area contributed by atoms with Crippen LogP contribution in [0.2, 0.25) is 0 Å². The van der Waals surface area contributed by atoms with Crippen molar-refractivity contribution in [2.24, 2.45) is 11.8 Å². The first kappa shape index (κ1) is 24.6. The van der Waals surface area contributed by atoms with E-state index >= 15 is 0 Å². The van der Waals surface area contributed by atoms with Crippen molar-refractivity contribution in [1.82, 2.24) is 10.2 Å². The number of nitrogens with one attached hydrogen (secondary N) is 2. The fourth-order valence-corrected chi connectivity index (χ4v) is 9.06. The molecule has 3 amide bonds. The lowest BCUT2D eigenvalue weighted by atomic mass is 9.70. The number of unbranched alkanes of at least 4 members (excludes halogenated alkanes) is 2. The normalized spacial score (nSPS) is 32.0. The number of hydrogen-bond donors (Lipinski definition) is 3. The van der Waals surface area contributed by atoms with E-state index in [0.717, 1.165) is 57.1 Å². The number of likely N-dealkylation sites (tertiary alicyclic amines) is 1. The molecule has 0 aromatic heterocycles. The first-order valence-electron chi connectivity index (χ1n) is 13.3. The average Bonchev–Trinajstić information content (AvgIpc) is 3.50. The van der Waals surface area contributed by atoms with Gasteiger partial charge in [-0.05, 0) is 57.1 Å². The minimum atomic E-state index is -0.532. The zero-order valence-corrected chi connectivity index (χ0v) is 21.1. The quantitative estimate of drug-likeness (QED) is 0.453. The molecule has 1 aromatic rings. The second kappa shape index (κ2) is 10.5. The number of para-hydroxylation sites is 1. The highest BCUT2D eigenvalue weighted by Gasteiger charge is 2.73. The van der Waals surface area contributed by atoms with Crippen molar-refractivity contribution in [3.05, 3.63) is 30.3 Å². The van der Waals surface area contributed by atoms with Crippen LogP contribution in [0.4, 0.5) is 5.69 Å². The van der Waals surface area contributed by atoms with Gasteiger partial charge in [0, 0.05) is 30.1 Å². The van der Waals surface area contributed by atoms with Gasteiger partial charge in [-0.1, -0.05) is 37.5 Å². The summed E-state index contributed by atoms with van der Waals surface area (Å²) >= 11 is 1.72. The third kappa shape index (κ3) is 4.59. The maximum absolute atomic E-state index is 13.9. The highest BCUT2D eigenvalue weighted by atomic mass is 32.2. The van der Waals surface area contributed by atoms with Crippen LogP contribution in [0.5, 0.6) is 0 Å². The summed E-state index contributed by atoms with van der Waals surface area (Å²) in [6.45, 7) is 0.628. The molecule has 4 fully saturated rings. The molecule has 3 aliphatic heterocycles. The number of anilines is 1. The lowest BCUT2D eigenvalue weighted by Crippen LogP contribution is -2.55. The van der Waals surface area contributed by atoms with Crippen molar-refractivity contribution in [1.29, 1.82) is 0 Å². The molecule has 3 N–H and O–H groups in total. The van der Waals surface area contributed by atoms with Crippen LogP contribution in [-0.4, -0.2) is 63.0 Å². The lowest BCUT2D eigenvalue weighted by molar-refractivity contribution is -0.139. The predicted molar refractivity (Wildman–Crippen MR) is 137 cm³/mol. The third-order valence-corrected chi connectivity index (χ3v) is 10.4. The summed E-state index contributed by atoms with van der Waals surface area (Å²) in [5.41, 5.74) is 0.734. The first-order chi connectivity index (χ1) is 17.0. The van der Waals surface area contributed by atoms with Crippen molar-refractivity contribution >= 4 is 35.2 Å². The van der Waals surface area contributed by atoms with E-state index in [9.17, 15) is 19.5 Å². The molecule has 190 valence electrons. The van der Waals surface area contributed by atoms with E-state index in [1.807, 2.05) is 30.3 Å². The van der Waals surface area contributed by atoms with Crippen molar-refractivity contribution in [3.8, 4) is 0 Å². The molecular formula is C27H37N3O4S.